The Hall–Kier alpha value is -0.630. The molecule has 68 valence electrons. The number of carbonyl (C=O) groups is 1. The molecule has 0 aromatic rings. The van der Waals surface area contributed by atoms with E-state index in [2.05, 4.69) is 0 Å². The Morgan fingerprint density at radius 3 is 2.42 bits per heavy atom. The first kappa shape index (κ1) is 9.46. The molecule has 0 aromatic heterocycles. The van der Waals surface area contributed by atoms with E-state index in [1.54, 1.807) is 13.2 Å². The molecule has 1 aliphatic rings. The molecule has 1 rings (SSSR count). The third kappa shape index (κ3) is 2.45. The van der Waals surface area contributed by atoms with E-state index < -0.39 is 0 Å². The van der Waals surface area contributed by atoms with Crippen molar-refractivity contribution < 1.29 is 9.53 Å². The van der Waals surface area contributed by atoms with Crippen LogP contribution in [-0.4, -0.2) is 19.0 Å². The van der Waals surface area contributed by atoms with E-state index in [-0.39, 0.29) is 11.9 Å². The lowest BCUT2D eigenvalue weighted by Gasteiger charge is -2.10. The highest BCUT2D eigenvalue weighted by Gasteiger charge is 2.35. The molecule has 2 nitrogen and oxygen atoms in total. The molecule has 0 N–H and O–H groups in total. The van der Waals surface area contributed by atoms with Crippen molar-refractivity contribution in [3.8, 4) is 0 Å². The Morgan fingerprint density at radius 1 is 1.50 bits per heavy atom. The smallest absolute Gasteiger partial charge is 0.184 e. The number of ketones is 1. The minimum absolute atomic E-state index is 0.125. The molecule has 0 aliphatic heterocycles. The molecular formula is C10H16O2. The summed E-state index contributed by atoms with van der Waals surface area (Å²) in [5, 5.41) is 0. The molecule has 0 heterocycles. The summed E-state index contributed by atoms with van der Waals surface area (Å²) in [5.74, 6) is 0.609. The fourth-order valence-corrected chi connectivity index (χ4v) is 1.31. The summed E-state index contributed by atoms with van der Waals surface area (Å²) in [6, 6.07) is 0. The van der Waals surface area contributed by atoms with Crippen molar-refractivity contribution in [1.29, 1.82) is 0 Å². The lowest BCUT2D eigenvalue weighted by molar-refractivity contribution is -0.125. The second-order valence-electron chi connectivity index (χ2n) is 3.62. The van der Waals surface area contributed by atoms with Crippen molar-refractivity contribution in [2.45, 2.75) is 32.8 Å². The minimum Gasteiger partial charge on any atom is -0.373 e. The van der Waals surface area contributed by atoms with Gasteiger partial charge in [0.1, 0.15) is 6.10 Å². The molecule has 0 radical (unpaired) electrons. The molecule has 0 bridgehead atoms. The Labute approximate surface area is 73.6 Å². The van der Waals surface area contributed by atoms with Gasteiger partial charge in [-0.15, -0.1) is 0 Å². The van der Waals surface area contributed by atoms with E-state index in [0.29, 0.717) is 5.92 Å². The van der Waals surface area contributed by atoms with Gasteiger partial charge in [-0.05, 0) is 38.7 Å². The van der Waals surface area contributed by atoms with Crippen molar-refractivity contribution in [3.05, 3.63) is 11.6 Å². The van der Waals surface area contributed by atoms with Gasteiger partial charge in [0, 0.05) is 7.11 Å². The average molecular weight is 168 g/mol. The van der Waals surface area contributed by atoms with Crippen LogP contribution in [0.1, 0.15) is 26.7 Å². The van der Waals surface area contributed by atoms with Crippen LogP contribution in [0.4, 0.5) is 0 Å². The van der Waals surface area contributed by atoms with Crippen LogP contribution in [-0.2, 0) is 9.53 Å². The third-order valence-corrected chi connectivity index (χ3v) is 2.02. The zero-order valence-electron chi connectivity index (χ0n) is 7.96. The highest BCUT2D eigenvalue weighted by molar-refractivity contribution is 5.94. The maximum atomic E-state index is 11.5. The Balaban J connectivity index is 2.53. The molecule has 1 saturated carbocycles. The van der Waals surface area contributed by atoms with E-state index in [1.165, 1.54) is 0 Å². The lowest BCUT2D eigenvalue weighted by Crippen LogP contribution is -2.23. The maximum absolute atomic E-state index is 11.5. The third-order valence-electron chi connectivity index (χ3n) is 2.02. The molecule has 1 aliphatic carbocycles. The van der Waals surface area contributed by atoms with E-state index in [0.717, 1.165) is 18.4 Å². The van der Waals surface area contributed by atoms with Crippen LogP contribution in [0.15, 0.2) is 11.6 Å². The van der Waals surface area contributed by atoms with Crippen molar-refractivity contribution in [2.75, 3.05) is 7.11 Å². The lowest BCUT2D eigenvalue weighted by atomic mass is 10.1. The van der Waals surface area contributed by atoms with Crippen molar-refractivity contribution in [1.82, 2.24) is 0 Å². The second kappa shape index (κ2) is 3.85. The Kier molecular flexibility index (Phi) is 3.04. The normalized spacial score (nSPS) is 18.6. The zero-order chi connectivity index (χ0) is 9.14. The van der Waals surface area contributed by atoms with Gasteiger partial charge in [0.05, 0.1) is 0 Å². The van der Waals surface area contributed by atoms with Crippen LogP contribution in [0.3, 0.4) is 0 Å². The van der Waals surface area contributed by atoms with Gasteiger partial charge < -0.3 is 4.74 Å². The molecule has 0 amide bonds. The van der Waals surface area contributed by atoms with Gasteiger partial charge in [-0.25, -0.2) is 0 Å². The summed E-state index contributed by atoms with van der Waals surface area (Å²) in [6.45, 7) is 3.86. The van der Waals surface area contributed by atoms with Gasteiger partial charge >= 0.3 is 0 Å². The topological polar surface area (TPSA) is 26.3 Å². The standard InChI is InChI=1S/C10H16O2/c1-7(2)6-9(11)10(12-3)8-4-5-8/h6,8,10H,4-5H2,1-3H3. The minimum atomic E-state index is -0.181. The predicted molar refractivity (Wildman–Crippen MR) is 48.0 cm³/mol. The van der Waals surface area contributed by atoms with Gasteiger partial charge in [0.25, 0.3) is 0 Å². The highest BCUT2D eigenvalue weighted by Crippen LogP contribution is 2.34. The van der Waals surface area contributed by atoms with Crippen molar-refractivity contribution in [3.63, 3.8) is 0 Å². The first-order valence-electron chi connectivity index (χ1n) is 4.36. The predicted octanol–water partition coefficient (Wildman–Crippen LogP) is 1.95. The number of hydrogen-bond acceptors (Lipinski definition) is 2. The van der Waals surface area contributed by atoms with Crippen molar-refractivity contribution in [2.24, 2.45) is 5.92 Å². The molecule has 1 atom stereocenters. The SMILES string of the molecule is COC(C(=O)C=C(C)C)C1CC1. The molecule has 2 heteroatoms. The maximum Gasteiger partial charge on any atom is 0.184 e. The van der Waals surface area contributed by atoms with Crippen molar-refractivity contribution >= 4 is 5.78 Å². The van der Waals surface area contributed by atoms with E-state index >= 15 is 0 Å². The molecule has 0 aromatic carbocycles. The van der Waals surface area contributed by atoms with Crippen LogP contribution in [0.2, 0.25) is 0 Å². The van der Waals surface area contributed by atoms with Gasteiger partial charge in [0.2, 0.25) is 0 Å². The highest BCUT2D eigenvalue weighted by atomic mass is 16.5. The van der Waals surface area contributed by atoms with Gasteiger partial charge in [-0.3, -0.25) is 4.79 Å². The summed E-state index contributed by atoms with van der Waals surface area (Å²) in [4.78, 5) is 11.5. The Morgan fingerprint density at radius 2 is 2.08 bits per heavy atom. The number of ether oxygens (including phenoxy) is 1. The second-order valence-corrected chi connectivity index (χ2v) is 3.62. The molecule has 1 unspecified atom stereocenters. The van der Waals surface area contributed by atoms with Gasteiger partial charge in [-0.1, -0.05) is 5.57 Å². The van der Waals surface area contributed by atoms with Crippen LogP contribution in [0, 0.1) is 5.92 Å². The van der Waals surface area contributed by atoms with Crippen LogP contribution in [0.25, 0.3) is 0 Å². The number of hydrogen-bond donors (Lipinski definition) is 0. The Bertz CT molecular complexity index is 198. The van der Waals surface area contributed by atoms with Crippen LogP contribution < -0.4 is 0 Å². The van der Waals surface area contributed by atoms with E-state index in [4.69, 9.17) is 4.74 Å². The summed E-state index contributed by atoms with van der Waals surface area (Å²) in [7, 11) is 1.61. The number of methoxy groups -OCH3 is 1. The average Bonchev–Trinajstić information content (AvgIpc) is 2.70. The molecule has 12 heavy (non-hydrogen) atoms. The quantitative estimate of drug-likeness (QED) is 0.600. The number of allylic oxidation sites excluding steroid dienone is 1. The monoisotopic (exact) mass is 168 g/mol. The first-order chi connectivity index (χ1) is 5.65. The largest absolute Gasteiger partial charge is 0.373 e. The molecular weight excluding hydrogens is 152 g/mol. The molecule has 1 fully saturated rings. The first-order valence-corrected chi connectivity index (χ1v) is 4.36. The summed E-state index contributed by atoms with van der Waals surface area (Å²) in [6.07, 6.45) is 3.77. The molecule has 0 spiro atoms. The van der Waals surface area contributed by atoms with Gasteiger partial charge in [-0.2, -0.15) is 0 Å². The van der Waals surface area contributed by atoms with E-state index in [9.17, 15) is 4.79 Å². The zero-order valence-corrected chi connectivity index (χ0v) is 7.96. The fourth-order valence-electron chi connectivity index (χ4n) is 1.31. The van der Waals surface area contributed by atoms with E-state index in [1.807, 2.05) is 13.8 Å². The summed E-state index contributed by atoms with van der Waals surface area (Å²) >= 11 is 0. The number of rotatable bonds is 4. The fraction of sp³-hybridized carbons (Fsp3) is 0.700. The van der Waals surface area contributed by atoms with Crippen LogP contribution in [0.5, 0.6) is 0 Å². The summed E-state index contributed by atoms with van der Waals surface area (Å²) < 4.78 is 5.14. The summed E-state index contributed by atoms with van der Waals surface area (Å²) in [5.41, 5.74) is 1.04. The number of carbonyl (C=O) groups excluding carboxylic acids is 1. The molecule has 0 saturated heterocycles. The van der Waals surface area contributed by atoms with Crippen LogP contribution >= 0.6 is 0 Å². The van der Waals surface area contributed by atoms with Gasteiger partial charge in [0.15, 0.2) is 5.78 Å².